The number of carbonyl (C=O) groups is 1. The summed E-state index contributed by atoms with van der Waals surface area (Å²) >= 11 is 0. The fourth-order valence-electron chi connectivity index (χ4n) is 2.64. The van der Waals surface area contributed by atoms with Crippen molar-refractivity contribution in [1.29, 1.82) is 0 Å². The van der Waals surface area contributed by atoms with Crippen LogP contribution in [-0.4, -0.2) is 27.1 Å². The quantitative estimate of drug-likeness (QED) is 0.465. The van der Waals surface area contributed by atoms with Gasteiger partial charge in [-0.15, -0.1) is 0 Å². The molecule has 3 aromatic carbocycles. The smallest absolute Gasteiger partial charge is 0.264 e. The van der Waals surface area contributed by atoms with Crippen molar-refractivity contribution in [3.05, 3.63) is 95.8 Å². The van der Waals surface area contributed by atoms with Crippen LogP contribution in [-0.2, 0) is 14.8 Å². The van der Waals surface area contributed by atoms with Gasteiger partial charge >= 0.3 is 0 Å². The predicted molar refractivity (Wildman–Crippen MR) is 114 cm³/mol. The fourth-order valence-corrected chi connectivity index (χ4v) is 4.06. The van der Waals surface area contributed by atoms with Crippen molar-refractivity contribution in [1.82, 2.24) is 5.43 Å². The van der Waals surface area contributed by atoms with Gasteiger partial charge < -0.3 is 0 Å². The average Bonchev–Trinajstić information content (AvgIpc) is 2.74. The number of nitrogens with zero attached hydrogens (tertiary/aromatic N) is 2. The lowest BCUT2D eigenvalue weighted by Crippen LogP contribution is -2.39. The van der Waals surface area contributed by atoms with Crippen molar-refractivity contribution in [2.45, 2.75) is 11.8 Å². The Morgan fingerprint density at radius 3 is 2.27 bits per heavy atom. The van der Waals surface area contributed by atoms with Crippen LogP contribution in [0.5, 0.6) is 0 Å². The molecule has 0 aromatic heterocycles. The number of carbonyl (C=O) groups excluding carboxylic acids is 1. The minimum atomic E-state index is -4.10. The number of hydrogen-bond donors (Lipinski definition) is 1. The van der Waals surface area contributed by atoms with Gasteiger partial charge in [-0.2, -0.15) is 5.10 Å². The first-order valence-electron chi connectivity index (χ1n) is 9.08. The van der Waals surface area contributed by atoms with Crippen LogP contribution in [0.4, 0.5) is 10.1 Å². The number of rotatable bonds is 7. The van der Waals surface area contributed by atoms with Crippen LogP contribution in [0, 0.1) is 12.7 Å². The summed E-state index contributed by atoms with van der Waals surface area (Å²) in [4.78, 5) is 12.3. The van der Waals surface area contributed by atoms with Crippen LogP contribution < -0.4 is 9.73 Å². The van der Waals surface area contributed by atoms with E-state index in [1.807, 2.05) is 37.3 Å². The second-order valence-corrected chi connectivity index (χ2v) is 8.37. The lowest BCUT2D eigenvalue weighted by molar-refractivity contribution is -0.119. The first kappa shape index (κ1) is 21.2. The molecule has 0 aliphatic carbocycles. The van der Waals surface area contributed by atoms with Gasteiger partial charge in [0.25, 0.3) is 15.9 Å². The summed E-state index contributed by atoms with van der Waals surface area (Å²) in [5.41, 5.74) is 4.38. The lowest BCUT2D eigenvalue weighted by atomic mass is 10.2. The molecule has 1 N–H and O–H groups in total. The highest BCUT2D eigenvalue weighted by Crippen LogP contribution is 2.24. The monoisotopic (exact) mass is 425 g/mol. The molecule has 6 nitrogen and oxygen atoms in total. The van der Waals surface area contributed by atoms with E-state index in [0.29, 0.717) is 5.69 Å². The van der Waals surface area contributed by atoms with Gasteiger partial charge in [0.2, 0.25) is 0 Å². The number of hydrazone groups is 1. The van der Waals surface area contributed by atoms with E-state index in [-0.39, 0.29) is 4.90 Å². The molecule has 8 heteroatoms. The zero-order chi connectivity index (χ0) is 21.6. The molecule has 0 radical (unpaired) electrons. The zero-order valence-electron chi connectivity index (χ0n) is 16.2. The predicted octanol–water partition coefficient (Wildman–Crippen LogP) is 3.48. The average molecular weight is 425 g/mol. The Morgan fingerprint density at radius 1 is 1.00 bits per heavy atom. The third-order valence-electron chi connectivity index (χ3n) is 4.21. The van der Waals surface area contributed by atoms with E-state index < -0.39 is 28.3 Å². The van der Waals surface area contributed by atoms with Gasteiger partial charge in [0, 0.05) is 0 Å². The molecule has 0 bridgehead atoms. The summed E-state index contributed by atoms with van der Waals surface area (Å²) in [6.45, 7) is 1.38. The minimum Gasteiger partial charge on any atom is -0.271 e. The second kappa shape index (κ2) is 9.32. The van der Waals surface area contributed by atoms with Gasteiger partial charge in [0.1, 0.15) is 12.4 Å². The standard InChI is InChI=1S/C22H20FN3O3S/c1-17-7-11-20(12-8-17)26(30(28,29)21-13-9-19(23)10-14-21)16-22(27)25-24-15-18-5-3-2-4-6-18/h2-15H,16H2,1H3,(H,25,27)/b24-15-. The summed E-state index contributed by atoms with van der Waals surface area (Å²) in [7, 11) is -4.10. The number of nitrogens with one attached hydrogen (secondary N) is 1. The van der Waals surface area contributed by atoms with E-state index in [1.165, 1.54) is 6.21 Å². The van der Waals surface area contributed by atoms with Crippen LogP contribution in [0.15, 0.2) is 88.9 Å². The summed E-state index contributed by atoms with van der Waals surface area (Å²) in [6.07, 6.45) is 1.46. The molecule has 1 amide bonds. The van der Waals surface area contributed by atoms with Gasteiger partial charge in [-0.05, 0) is 48.9 Å². The molecule has 0 saturated carbocycles. The van der Waals surface area contributed by atoms with Crippen LogP contribution >= 0.6 is 0 Å². The maximum absolute atomic E-state index is 13.2. The first-order chi connectivity index (χ1) is 14.4. The van der Waals surface area contributed by atoms with Crippen molar-refractivity contribution in [3.8, 4) is 0 Å². The molecule has 0 unspecified atom stereocenters. The summed E-state index contributed by atoms with van der Waals surface area (Å²) in [5.74, 6) is -1.17. The SMILES string of the molecule is Cc1ccc(N(CC(=O)N/N=C\c2ccccc2)S(=O)(=O)c2ccc(F)cc2)cc1. The molecule has 0 atom stereocenters. The zero-order valence-corrected chi connectivity index (χ0v) is 17.0. The summed E-state index contributed by atoms with van der Waals surface area (Å²) in [5, 5.41) is 3.87. The Hall–Kier alpha value is -3.52. The van der Waals surface area contributed by atoms with Gasteiger partial charge in [-0.3, -0.25) is 9.10 Å². The Kier molecular flexibility index (Phi) is 6.58. The molecule has 3 rings (SSSR count). The Labute approximate surface area is 174 Å². The minimum absolute atomic E-state index is 0.120. The second-order valence-electron chi connectivity index (χ2n) is 6.51. The van der Waals surface area contributed by atoms with Crippen LogP contribution in [0.25, 0.3) is 0 Å². The maximum atomic E-state index is 13.2. The van der Waals surface area contributed by atoms with E-state index in [1.54, 1.807) is 24.3 Å². The number of halogens is 1. The molecule has 30 heavy (non-hydrogen) atoms. The number of aryl methyl sites for hydroxylation is 1. The maximum Gasteiger partial charge on any atom is 0.264 e. The third kappa shape index (κ3) is 5.30. The molecule has 0 aliphatic heterocycles. The Balaban J connectivity index is 1.84. The lowest BCUT2D eigenvalue weighted by Gasteiger charge is -2.23. The fraction of sp³-hybridized carbons (Fsp3) is 0.0909. The highest BCUT2D eigenvalue weighted by atomic mass is 32.2. The Bertz CT molecular complexity index is 1130. The van der Waals surface area contributed by atoms with Crippen LogP contribution in [0.2, 0.25) is 0 Å². The van der Waals surface area contributed by atoms with Crippen LogP contribution in [0.3, 0.4) is 0 Å². The van der Waals surface area contributed by atoms with Gasteiger partial charge in [0.15, 0.2) is 0 Å². The van der Waals surface area contributed by atoms with E-state index in [2.05, 4.69) is 10.5 Å². The number of amides is 1. The molecule has 0 spiro atoms. The van der Waals surface area contributed by atoms with Gasteiger partial charge in [-0.1, -0.05) is 48.0 Å². The molecule has 0 aliphatic rings. The van der Waals surface area contributed by atoms with Crippen molar-refractivity contribution >= 4 is 27.8 Å². The molecule has 0 heterocycles. The Morgan fingerprint density at radius 2 is 1.63 bits per heavy atom. The van der Waals surface area contributed by atoms with Crippen molar-refractivity contribution in [2.75, 3.05) is 10.8 Å². The molecular weight excluding hydrogens is 405 g/mol. The number of anilines is 1. The molecule has 0 fully saturated rings. The van der Waals surface area contributed by atoms with Crippen molar-refractivity contribution in [2.24, 2.45) is 5.10 Å². The molecule has 0 saturated heterocycles. The normalized spacial score (nSPS) is 11.4. The summed E-state index contributed by atoms with van der Waals surface area (Å²) in [6, 6.07) is 20.3. The third-order valence-corrected chi connectivity index (χ3v) is 6.00. The largest absolute Gasteiger partial charge is 0.271 e. The number of sulfonamides is 1. The molecular formula is C22H20FN3O3S. The van der Waals surface area contributed by atoms with Crippen molar-refractivity contribution < 1.29 is 17.6 Å². The van der Waals surface area contributed by atoms with Gasteiger partial charge in [0.05, 0.1) is 16.8 Å². The molecule has 3 aromatic rings. The van der Waals surface area contributed by atoms with Crippen molar-refractivity contribution in [3.63, 3.8) is 0 Å². The van der Waals surface area contributed by atoms with Gasteiger partial charge in [-0.25, -0.2) is 18.2 Å². The summed E-state index contributed by atoms with van der Waals surface area (Å²) < 4.78 is 40.5. The highest BCUT2D eigenvalue weighted by Gasteiger charge is 2.27. The van der Waals surface area contributed by atoms with Crippen LogP contribution in [0.1, 0.15) is 11.1 Å². The first-order valence-corrected chi connectivity index (χ1v) is 10.5. The van der Waals surface area contributed by atoms with E-state index in [0.717, 1.165) is 39.7 Å². The van der Waals surface area contributed by atoms with E-state index >= 15 is 0 Å². The topological polar surface area (TPSA) is 78.8 Å². The number of hydrogen-bond acceptors (Lipinski definition) is 4. The molecule has 154 valence electrons. The highest BCUT2D eigenvalue weighted by molar-refractivity contribution is 7.92. The van der Waals surface area contributed by atoms with E-state index in [9.17, 15) is 17.6 Å². The number of benzene rings is 3. The van der Waals surface area contributed by atoms with E-state index in [4.69, 9.17) is 0 Å².